The van der Waals surface area contributed by atoms with Gasteiger partial charge in [-0.25, -0.2) is 0 Å². The van der Waals surface area contributed by atoms with E-state index < -0.39 is 4.92 Å². The van der Waals surface area contributed by atoms with Crippen LogP contribution < -0.4 is 5.32 Å². The van der Waals surface area contributed by atoms with Gasteiger partial charge in [0.05, 0.1) is 23.2 Å². The van der Waals surface area contributed by atoms with Crippen molar-refractivity contribution in [2.75, 3.05) is 5.32 Å². The van der Waals surface area contributed by atoms with Crippen molar-refractivity contribution in [3.63, 3.8) is 0 Å². The van der Waals surface area contributed by atoms with Gasteiger partial charge in [0.15, 0.2) is 0 Å². The van der Waals surface area contributed by atoms with Gasteiger partial charge in [-0.2, -0.15) is 0 Å². The highest BCUT2D eigenvalue weighted by atomic mass is 16.6. The number of benzene rings is 1. The maximum atomic E-state index is 11.8. The highest BCUT2D eigenvalue weighted by Crippen LogP contribution is 2.18. The average Bonchev–Trinajstić information content (AvgIpc) is 2.40. The summed E-state index contributed by atoms with van der Waals surface area (Å²) in [7, 11) is 0. The molecule has 0 radical (unpaired) electrons. The first-order valence-electron chi connectivity index (χ1n) is 5.59. The van der Waals surface area contributed by atoms with E-state index in [1.54, 1.807) is 36.5 Å². The van der Waals surface area contributed by atoms with Crippen molar-refractivity contribution in [3.8, 4) is 0 Å². The van der Waals surface area contributed by atoms with Crippen LogP contribution >= 0.6 is 0 Å². The van der Waals surface area contributed by atoms with Crippen molar-refractivity contribution in [1.29, 1.82) is 0 Å². The SMILES string of the molecule is O=C(Cc1ccccc1[N+](=O)[O-])Nc1cccnc1. The van der Waals surface area contributed by atoms with E-state index in [1.165, 1.54) is 12.3 Å². The molecule has 1 amide bonds. The largest absolute Gasteiger partial charge is 0.324 e. The number of carbonyl (C=O) groups is 1. The zero-order chi connectivity index (χ0) is 13.7. The summed E-state index contributed by atoms with van der Waals surface area (Å²) in [6.45, 7) is 0. The van der Waals surface area contributed by atoms with Gasteiger partial charge in [0.2, 0.25) is 5.91 Å². The fourth-order valence-corrected chi connectivity index (χ4v) is 1.65. The molecule has 1 aromatic carbocycles. The Hall–Kier alpha value is -2.76. The summed E-state index contributed by atoms with van der Waals surface area (Å²) in [5.41, 5.74) is 0.892. The monoisotopic (exact) mass is 257 g/mol. The Morgan fingerprint density at radius 1 is 1.26 bits per heavy atom. The van der Waals surface area contributed by atoms with Gasteiger partial charge in [-0.1, -0.05) is 18.2 Å². The molecule has 2 aromatic rings. The Morgan fingerprint density at radius 3 is 2.74 bits per heavy atom. The van der Waals surface area contributed by atoms with E-state index in [-0.39, 0.29) is 18.0 Å². The Kier molecular flexibility index (Phi) is 3.82. The van der Waals surface area contributed by atoms with E-state index in [1.807, 2.05) is 0 Å². The van der Waals surface area contributed by atoms with Crippen molar-refractivity contribution in [1.82, 2.24) is 4.98 Å². The number of nitro groups is 1. The Bertz CT molecular complexity index is 599. The van der Waals surface area contributed by atoms with E-state index in [0.29, 0.717) is 11.3 Å². The minimum Gasteiger partial charge on any atom is -0.324 e. The molecule has 6 heteroatoms. The molecule has 1 heterocycles. The summed E-state index contributed by atoms with van der Waals surface area (Å²) in [5, 5.41) is 13.5. The number of pyridine rings is 1. The molecule has 0 aliphatic carbocycles. The minimum absolute atomic E-state index is 0.0496. The maximum Gasteiger partial charge on any atom is 0.273 e. The van der Waals surface area contributed by atoms with Gasteiger partial charge < -0.3 is 5.32 Å². The molecule has 0 saturated carbocycles. The van der Waals surface area contributed by atoms with Gasteiger partial charge in [-0.15, -0.1) is 0 Å². The van der Waals surface area contributed by atoms with Crippen LogP contribution in [-0.4, -0.2) is 15.8 Å². The third-order valence-corrected chi connectivity index (χ3v) is 2.48. The van der Waals surface area contributed by atoms with Gasteiger partial charge in [-0.05, 0) is 12.1 Å². The first-order valence-corrected chi connectivity index (χ1v) is 5.59. The molecule has 1 N–H and O–H groups in total. The molecule has 0 aliphatic heterocycles. The number of hydrogen-bond acceptors (Lipinski definition) is 4. The number of nitro benzene ring substituents is 1. The molecule has 0 unspecified atom stereocenters. The second-order valence-corrected chi connectivity index (χ2v) is 3.85. The first-order chi connectivity index (χ1) is 9.16. The summed E-state index contributed by atoms with van der Waals surface area (Å²) in [6.07, 6.45) is 3.06. The van der Waals surface area contributed by atoms with Gasteiger partial charge in [0, 0.05) is 17.8 Å². The average molecular weight is 257 g/mol. The lowest BCUT2D eigenvalue weighted by Crippen LogP contribution is -2.15. The van der Waals surface area contributed by atoms with E-state index in [0.717, 1.165) is 0 Å². The third kappa shape index (κ3) is 3.35. The normalized spacial score (nSPS) is 9.89. The van der Waals surface area contributed by atoms with Gasteiger partial charge in [-0.3, -0.25) is 19.9 Å². The Balaban J connectivity index is 2.09. The fraction of sp³-hybridized carbons (Fsp3) is 0.0769. The van der Waals surface area contributed by atoms with E-state index in [4.69, 9.17) is 0 Å². The molecule has 0 saturated heterocycles. The number of para-hydroxylation sites is 1. The predicted molar refractivity (Wildman–Crippen MR) is 69.7 cm³/mol. The van der Waals surface area contributed by atoms with Crippen LogP contribution in [0.5, 0.6) is 0 Å². The molecule has 2 rings (SSSR count). The van der Waals surface area contributed by atoms with Crippen LogP contribution in [0.3, 0.4) is 0 Å². The second-order valence-electron chi connectivity index (χ2n) is 3.85. The van der Waals surface area contributed by atoms with Crippen LogP contribution in [-0.2, 0) is 11.2 Å². The summed E-state index contributed by atoms with van der Waals surface area (Å²) < 4.78 is 0. The van der Waals surface area contributed by atoms with Crippen LogP contribution in [0.1, 0.15) is 5.56 Å². The lowest BCUT2D eigenvalue weighted by molar-refractivity contribution is -0.385. The lowest BCUT2D eigenvalue weighted by atomic mass is 10.1. The molecule has 0 bridgehead atoms. The van der Waals surface area contributed by atoms with E-state index in [9.17, 15) is 14.9 Å². The van der Waals surface area contributed by atoms with Crippen LogP contribution in [0, 0.1) is 10.1 Å². The number of carbonyl (C=O) groups excluding carboxylic acids is 1. The molecule has 96 valence electrons. The quantitative estimate of drug-likeness (QED) is 0.671. The molecule has 19 heavy (non-hydrogen) atoms. The summed E-state index contributed by atoms with van der Waals surface area (Å²) in [6, 6.07) is 9.58. The maximum absolute atomic E-state index is 11.8. The molecule has 6 nitrogen and oxygen atoms in total. The lowest BCUT2D eigenvalue weighted by Gasteiger charge is -2.05. The van der Waals surface area contributed by atoms with Crippen molar-refractivity contribution in [2.45, 2.75) is 6.42 Å². The highest BCUT2D eigenvalue weighted by molar-refractivity contribution is 5.92. The van der Waals surface area contributed by atoms with E-state index >= 15 is 0 Å². The summed E-state index contributed by atoms with van der Waals surface area (Å²) >= 11 is 0. The van der Waals surface area contributed by atoms with Crippen molar-refractivity contribution >= 4 is 17.3 Å². The molecule has 0 atom stereocenters. The first kappa shape index (κ1) is 12.7. The van der Waals surface area contributed by atoms with Crippen molar-refractivity contribution in [2.24, 2.45) is 0 Å². The van der Waals surface area contributed by atoms with Gasteiger partial charge >= 0.3 is 0 Å². The fourth-order valence-electron chi connectivity index (χ4n) is 1.65. The Morgan fingerprint density at radius 2 is 2.05 bits per heavy atom. The van der Waals surface area contributed by atoms with E-state index in [2.05, 4.69) is 10.3 Å². The zero-order valence-electron chi connectivity index (χ0n) is 9.95. The molecule has 0 aliphatic rings. The third-order valence-electron chi connectivity index (χ3n) is 2.48. The molecule has 1 aromatic heterocycles. The zero-order valence-corrected chi connectivity index (χ0v) is 9.95. The standard InChI is InChI=1S/C13H11N3O3/c17-13(15-11-5-3-7-14-9-11)8-10-4-1-2-6-12(10)16(18)19/h1-7,9H,8H2,(H,15,17). The van der Waals surface area contributed by atoms with Gasteiger partial charge in [0.1, 0.15) is 0 Å². The summed E-state index contributed by atoms with van der Waals surface area (Å²) in [4.78, 5) is 26.0. The number of hydrogen-bond donors (Lipinski definition) is 1. The number of nitrogens with zero attached hydrogens (tertiary/aromatic N) is 2. The molecular weight excluding hydrogens is 246 g/mol. The van der Waals surface area contributed by atoms with Gasteiger partial charge in [0.25, 0.3) is 5.69 Å². The number of rotatable bonds is 4. The van der Waals surface area contributed by atoms with Crippen molar-refractivity contribution < 1.29 is 9.72 Å². The van der Waals surface area contributed by atoms with Crippen LogP contribution in [0.25, 0.3) is 0 Å². The van der Waals surface area contributed by atoms with Crippen LogP contribution in [0.15, 0.2) is 48.8 Å². The Labute approximate surface area is 109 Å². The van der Waals surface area contributed by atoms with Crippen LogP contribution in [0.2, 0.25) is 0 Å². The minimum atomic E-state index is -0.493. The smallest absolute Gasteiger partial charge is 0.273 e. The topological polar surface area (TPSA) is 85.1 Å². The van der Waals surface area contributed by atoms with Crippen LogP contribution in [0.4, 0.5) is 11.4 Å². The molecule has 0 fully saturated rings. The number of nitrogens with one attached hydrogen (secondary N) is 1. The summed E-state index contributed by atoms with van der Waals surface area (Å²) in [5.74, 6) is -0.317. The predicted octanol–water partition coefficient (Wildman–Crippen LogP) is 2.17. The number of aromatic nitrogens is 1. The molecule has 0 spiro atoms. The molecular formula is C13H11N3O3. The highest BCUT2D eigenvalue weighted by Gasteiger charge is 2.15. The van der Waals surface area contributed by atoms with Crippen molar-refractivity contribution in [3.05, 3.63) is 64.5 Å². The number of amides is 1. The second kappa shape index (κ2) is 5.72. The number of anilines is 1.